The van der Waals surface area contributed by atoms with Crippen molar-refractivity contribution < 1.29 is 33.6 Å². The number of hydrogen-bond donors (Lipinski definition) is 7. The van der Waals surface area contributed by atoms with Gasteiger partial charge in [0.1, 0.15) is 24.4 Å². The van der Waals surface area contributed by atoms with Crippen LogP contribution in [0, 0.1) is 0 Å². The molecule has 1 aromatic rings. The molecular weight excluding hydrogens is 374 g/mol. The van der Waals surface area contributed by atoms with E-state index >= 15 is 0 Å². The Morgan fingerprint density at radius 1 is 1.28 bits per heavy atom. The number of sulfonamides is 1. The second-order valence-electron chi connectivity index (χ2n) is 5.43. The van der Waals surface area contributed by atoms with Crippen molar-refractivity contribution in [3.63, 3.8) is 0 Å². The van der Waals surface area contributed by atoms with Gasteiger partial charge in [-0.1, -0.05) is 6.07 Å². The summed E-state index contributed by atoms with van der Waals surface area (Å²) in [6.07, 6.45) is -5.56. The number of aliphatic hydroxyl groups is 4. The van der Waals surface area contributed by atoms with E-state index < -0.39 is 47.3 Å². The predicted octanol–water partition coefficient (Wildman–Crippen LogP) is -2.58. The molecule has 0 saturated carbocycles. The molecule has 5 atom stereocenters. The highest BCUT2D eigenvalue weighted by Gasteiger charge is 2.43. The Kier molecular flexibility index (Phi) is 6.29. The van der Waals surface area contributed by atoms with Gasteiger partial charge in [0, 0.05) is 5.69 Å². The lowest BCUT2D eigenvalue weighted by Crippen LogP contribution is -2.64. The molecule has 10 nitrogen and oxygen atoms in total. The number of benzene rings is 1. The smallest absolute Gasteiger partial charge is 0.238 e. The molecule has 2 rings (SSSR count). The first-order chi connectivity index (χ1) is 11.6. The lowest BCUT2D eigenvalue weighted by atomic mass is 9.97. The molecule has 1 heterocycles. The van der Waals surface area contributed by atoms with Crippen LogP contribution in [0.25, 0.3) is 0 Å². The number of aliphatic hydroxyl groups excluding tert-OH is 4. The van der Waals surface area contributed by atoms with Crippen LogP contribution >= 0.6 is 12.2 Å². The third kappa shape index (κ3) is 4.83. The third-order valence-corrected chi connectivity index (χ3v) is 4.75. The summed E-state index contributed by atoms with van der Waals surface area (Å²) in [7, 11) is -3.88. The Bertz CT molecular complexity index is 730. The zero-order valence-electron chi connectivity index (χ0n) is 12.8. The molecule has 0 amide bonds. The first-order valence-corrected chi connectivity index (χ1v) is 9.10. The average Bonchev–Trinajstić information content (AvgIpc) is 2.54. The van der Waals surface area contributed by atoms with Crippen LogP contribution in [0.15, 0.2) is 29.2 Å². The van der Waals surface area contributed by atoms with E-state index in [0.29, 0.717) is 5.69 Å². The van der Waals surface area contributed by atoms with Crippen molar-refractivity contribution in [2.75, 3.05) is 11.9 Å². The molecule has 8 N–H and O–H groups in total. The lowest BCUT2D eigenvalue weighted by Gasteiger charge is -2.40. The van der Waals surface area contributed by atoms with E-state index in [1.54, 1.807) is 0 Å². The van der Waals surface area contributed by atoms with Crippen LogP contribution in [-0.4, -0.2) is 71.2 Å². The molecule has 1 aliphatic heterocycles. The maximum Gasteiger partial charge on any atom is 0.238 e. The number of rotatable bonds is 4. The summed E-state index contributed by atoms with van der Waals surface area (Å²) in [4.78, 5) is -0.123. The summed E-state index contributed by atoms with van der Waals surface area (Å²) in [5, 5.41) is 49.0. The molecule has 0 aliphatic carbocycles. The third-order valence-electron chi connectivity index (χ3n) is 3.62. The molecule has 1 saturated heterocycles. The van der Waals surface area contributed by atoms with Crippen molar-refractivity contribution in [2.45, 2.75) is 35.5 Å². The SMILES string of the molecule is NS(=O)(=O)c1cccc(NC(=S)N[C@H]2C(O)O[C@H](CO)[C@@H](O)[C@@H]2O)c1. The number of hydrogen-bond acceptors (Lipinski definition) is 8. The van der Waals surface area contributed by atoms with Crippen LogP contribution in [0.2, 0.25) is 0 Å². The molecule has 1 aliphatic rings. The number of anilines is 1. The molecule has 1 aromatic carbocycles. The van der Waals surface area contributed by atoms with Crippen molar-refractivity contribution >= 4 is 33.0 Å². The highest BCUT2D eigenvalue weighted by Crippen LogP contribution is 2.20. The van der Waals surface area contributed by atoms with E-state index in [1.165, 1.54) is 24.3 Å². The fourth-order valence-electron chi connectivity index (χ4n) is 2.32. The van der Waals surface area contributed by atoms with E-state index in [9.17, 15) is 23.7 Å². The van der Waals surface area contributed by atoms with Gasteiger partial charge in [-0.15, -0.1) is 0 Å². The van der Waals surface area contributed by atoms with Gasteiger partial charge in [-0.3, -0.25) is 0 Å². The molecule has 1 fully saturated rings. The molecule has 0 spiro atoms. The average molecular weight is 393 g/mol. The molecule has 1 unspecified atom stereocenters. The zero-order valence-corrected chi connectivity index (χ0v) is 14.4. The Hall–Kier alpha value is -1.38. The Labute approximate surface area is 149 Å². The van der Waals surface area contributed by atoms with Crippen LogP contribution in [-0.2, 0) is 14.8 Å². The van der Waals surface area contributed by atoms with E-state index in [1.807, 2.05) is 0 Å². The Morgan fingerprint density at radius 3 is 2.56 bits per heavy atom. The van der Waals surface area contributed by atoms with E-state index in [2.05, 4.69) is 10.6 Å². The quantitative estimate of drug-likeness (QED) is 0.269. The van der Waals surface area contributed by atoms with Crippen LogP contribution in [0.5, 0.6) is 0 Å². The summed E-state index contributed by atoms with van der Waals surface area (Å²) in [5.74, 6) is 0. The van der Waals surface area contributed by atoms with E-state index in [-0.39, 0.29) is 10.0 Å². The standard InChI is InChI=1S/C13H19N3O7S2/c14-25(21,22)7-3-1-2-6(4-7)15-13(24)16-9-11(19)10(18)8(5-17)23-12(9)20/h1-4,8-12,17-20H,5H2,(H2,14,21,22)(H2,15,16,24)/t8-,9-,10-,11-,12?/m1/s1. The van der Waals surface area contributed by atoms with E-state index in [4.69, 9.17) is 27.2 Å². The van der Waals surface area contributed by atoms with Crippen molar-refractivity contribution in [1.29, 1.82) is 0 Å². The summed E-state index contributed by atoms with van der Waals surface area (Å²) < 4.78 is 27.7. The predicted molar refractivity (Wildman–Crippen MR) is 90.9 cm³/mol. The first-order valence-electron chi connectivity index (χ1n) is 7.14. The van der Waals surface area contributed by atoms with Crippen molar-refractivity contribution in [3.05, 3.63) is 24.3 Å². The highest BCUT2D eigenvalue weighted by atomic mass is 32.2. The second kappa shape index (κ2) is 7.88. The van der Waals surface area contributed by atoms with Gasteiger partial charge in [0.2, 0.25) is 10.0 Å². The van der Waals surface area contributed by atoms with Crippen LogP contribution in [0.1, 0.15) is 0 Å². The van der Waals surface area contributed by atoms with Crippen LogP contribution < -0.4 is 15.8 Å². The van der Waals surface area contributed by atoms with Gasteiger partial charge in [-0.05, 0) is 30.4 Å². The summed E-state index contributed by atoms with van der Waals surface area (Å²) in [5.41, 5.74) is 0.304. The van der Waals surface area contributed by atoms with Crippen LogP contribution in [0.4, 0.5) is 5.69 Å². The van der Waals surface area contributed by atoms with E-state index in [0.717, 1.165) is 0 Å². The lowest BCUT2D eigenvalue weighted by molar-refractivity contribution is -0.251. The minimum Gasteiger partial charge on any atom is -0.394 e. The second-order valence-corrected chi connectivity index (χ2v) is 7.40. The molecule has 0 aromatic heterocycles. The Balaban J connectivity index is 2.05. The van der Waals surface area contributed by atoms with Gasteiger partial charge in [0.15, 0.2) is 11.4 Å². The van der Waals surface area contributed by atoms with Gasteiger partial charge in [-0.25, -0.2) is 13.6 Å². The summed E-state index contributed by atoms with van der Waals surface area (Å²) in [6.45, 7) is -0.578. The van der Waals surface area contributed by atoms with Crippen molar-refractivity contribution in [2.24, 2.45) is 5.14 Å². The van der Waals surface area contributed by atoms with Gasteiger partial charge in [0.25, 0.3) is 0 Å². The van der Waals surface area contributed by atoms with Gasteiger partial charge < -0.3 is 35.8 Å². The summed E-state index contributed by atoms with van der Waals surface area (Å²) in [6, 6.07) is 4.38. The van der Waals surface area contributed by atoms with Crippen molar-refractivity contribution in [1.82, 2.24) is 5.32 Å². The molecule has 140 valence electrons. The molecule has 25 heavy (non-hydrogen) atoms. The first kappa shape index (κ1) is 19.9. The van der Waals surface area contributed by atoms with Gasteiger partial charge in [-0.2, -0.15) is 0 Å². The monoisotopic (exact) mass is 393 g/mol. The normalized spacial score (nSPS) is 29.9. The molecule has 12 heteroatoms. The Morgan fingerprint density at radius 2 is 1.96 bits per heavy atom. The summed E-state index contributed by atoms with van der Waals surface area (Å²) >= 11 is 5.04. The largest absolute Gasteiger partial charge is 0.394 e. The topological polar surface area (TPSA) is 174 Å². The van der Waals surface area contributed by atoms with Gasteiger partial charge >= 0.3 is 0 Å². The minimum atomic E-state index is -3.88. The van der Waals surface area contributed by atoms with Gasteiger partial charge in [0.05, 0.1) is 11.5 Å². The molecular formula is C13H19N3O7S2. The van der Waals surface area contributed by atoms with Crippen LogP contribution in [0.3, 0.4) is 0 Å². The number of thiocarbonyl (C=S) groups is 1. The number of primary sulfonamides is 1. The maximum absolute atomic E-state index is 11.3. The highest BCUT2D eigenvalue weighted by molar-refractivity contribution is 7.89. The fraction of sp³-hybridized carbons (Fsp3) is 0.462. The molecule has 0 bridgehead atoms. The zero-order chi connectivity index (χ0) is 18.8. The number of nitrogens with two attached hydrogens (primary N) is 1. The molecule has 0 radical (unpaired) electrons. The number of ether oxygens (including phenoxy) is 1. The maximum atomic E-state index is 11.3. The number of nitrogens with one attached hydrogen (secondary N) is 2. The van der Waals surface area contributed by atoms with Crippen molar-refractivity contribution in [3.8, 4) is 0 Å². The minimum absolute atomic E-state index is 0.0621. The fourth-order valence-corrected chi connectivity index (χ4v) is 3.14.